The first kappa shape index (κ1) is 25.4. The average Bonchev–Trinajstić information content (AvgIpc) is 2.90. The third-order valence-electron chi connectivity index (χ3n) is 6.26. The van der Waals surface area contributed by atoms with Gasteiger partial charge in [-0.05, 0) is 41.4 Å². The number of hydrogen-bond donors (Lipinski definition) is 1. The summed E-state index contributed by atoms with van der Waals surface area (Å²) < 4.78 is 5.70. The Morgan fingerprint density at radius 1 is 0.944 bits per heavy atom. The van der Waals surface area contributed by atoms with Crippen LogP contribution < -0.4 is 4.74 Å². The lowest BCUT2D eigenvalue weighted by atomic mass is 10.00. The average molecular weight is 488 g/mol. The van der Waals surface area contributed by atoms with Gasteiger partial charge in [0.2, 0.25) is 0 Å². The number of carbonyl (C=O) groups is 1. The first-order valence-corrected chi connectivity index (χ1v) is 12.3. The van der Waals surface area contributed by atoms with Crippen molar-refractivity contribution >= 4 is 12.2 Å². The molecule has 36 heavy (non-hydrogen) atoms. The third kappa shape index (κ3) is 7.41. The number of oxime groups is 1. The molecule has 0 bridgehead atoms. The molecule has 7 nitrogen and oxygen atoms in total. The zero-order chi connectivity index (χ0) is 25.2. The van der Waals surface area contributed by atoms with Gasteiger partial charge in [-0.25, -0.2) is 0 Å². The number of piperazine rings is 1. The highest BCUT2D eigenvalue weighted by Crippen LogP contribution is 2.25. The maximum absolute atomic E-state index is 10.9. The van der Waals surface area contributed by atoms with Gasteiger partial charge in [0.05, 0.1) is 18.7 Å². The zero-order valence-electron chi connectivity index (χ0n) is 20.6. The monoisotopic (exact) mass is 487 g/mol. The molecule has 3 aromatic carbocycles. The second-order valence-corrected chi connectivity index (χ2v) is 8.93. The molecule has 4 rings (SSSR count). The molecule has 1 atom stereocenters. The van der Waals surface area contributed by atoms with Crippen LogP contribution in [0.1, 0.15) is 17.2 Å². The number of aliphatic carboxylic acids is 1. The number of benzene rings is 3. The highest BCUT2D eigenvalue weighted by atomic mass is 16.6. The van der Waals surface area contributed by atoms with Crippen molar-refractivity contribution in [2.24, 2.45) is 5.16 Å². The molecule has 0 radical (unpaired) electrons. The topological polar surface area (TPSA) is 74.6 Å². The Kier molecular flexibility index (Phi) is 9.08. The molecule has 1 fully saturated rings. The minimum Gasteiger partial charge on any atom is -0.490 e. The van der Waals surface area contributed by atoms with Gasteiger partial charge in [-0.15, -0.1) is 0 Å². The van der Waals surface area contributed by atoms with Gasteiger partial charge in [0.1, 0.15) is 12.4 Å². The Bertz CT molecular complexity index is 1130. The molecule has 188 valence electrons. The molecule has 0 amide bonds. The standard InChI is InChI=1S/C29H33N3O4/c1-31-14-16-32(17-15-31)28(26-12-10-25(11-13-26)24-7-3-2-4-8-24)22-30-36-19-18-35-27-9-5-6-23(20-27)21-29(33)34/h2-13,20,22,28H,14-19,21H2,1H3,(H,33,34). The molecular weight excluding hydrogens is 454 g/mol. The van der Waals surface area contributed by atoms with E-state index in [4.69, 9.17) is 14.7 Å². The van der Waals surface area contributed by atoms with Gasteiger partial charge in [-0.1, -0.05) is 71.9 Å². The first-order valence-electron chi connectivity index (χ1n) is 12.3. The molecule has 1 aliphatic rings. The summed E-state index contributed by atoms with van der Waals surface area (Å²) in [6.07, 6.45) is 1.84. The van der Waals surface area contributed by atoms with E-state index in [-0.39, 0.29) is 12.5 Å². The lowest BCUT2D eigenvalue weighted by molar-refractivity contribution is -0.136. The third-order valence-corrected chi connectivity index (χ3v) is 6.26. The Hall–Kier alpha value is -3.68. The van der Waals surface area contributed by atoms with Crippen LogP contribution in [0.4, 0.5) is 0 Å². The molecule has 0 saturated carbocycles. The molecular formula is C29H33N3O4. The van der Waals surface area contributed by atoms with E-state index in [2.05, 4.69) is 70.5 Å². The number of carboxylic acid groups (broad SMARTS) is 1. The van der Waals surface area contributed by atoms with E-state index in [0.29, 0.717) is 24.5 Å². The van der Waals surface area contributed by atoms with Crippen LogP contribution in [-0.4, -0.2) is 73.5 Å². The van der Waals surface area contributed by atoms with Crippen LogP contribution in [-0.2, 0) is 16.1 Å². The summed E-state index contributed by atoms with van der Waals surface area (Å²) in [6, 6.07) is 26.2. The minimum absolute atomic E-state index is 0.0251. The molecule has 0 spiro atoms. The molecule has 1 unspecified atom stereocenters. The lowest BCUT2D eigenvalue weighted by Crippen LogP contribution is -2.46. The van der Waals surface area contributed by atoms with Crippen LogP contribution in [0.15, 0.2) is 84.0 Å². The van der Waals surface area contributed by atoms with Crippen LogP contribution >= 0.6 is 0 Å². The van der Waals surface area contributed by atoms with Gasteiger partial charge < -0.3 is 19.6 Å². The van der Waals surface area contributed by atoms with Crippen molar-refractivity contribution in [3.05, 3.63) is 90.0 Å². The molecule has 1 N–H and O–H groups in total. The largest absolute Gasteiger partial charge is 0.490 e. The molecule has 0 aromatic heterocycles. The summed E-state index contributed by atoms with van der Waals surface area (Å²) in [4.78, 5) is 21.2. The minimum atomic E-state index is -0.866. The summed E-state index contributed by atoms with van der Waals surface area (Å²) in [7, 11) is 2.15. The fraction of sp³-hybridized carbons (Fsp3) is 0.310. The quantitative estimate of drug-likeness (QED) is 0.246. The van der Waals surface area contributed by atoms with Crippen molar-refractivity contribution in [3.8, 4) is 16.9 Å². The SMILES string of the molecule is CN1CCN(C(C=NOCCOc2cccc(CC(=O)O)c2)c2ccc(-c3ccccc3)cc2)CC1. The Balaban J connectivity index is 1.35. The van der Waals surface area contributed by atoms with Gasteiger partial charge in [-0.3, -0.25) is 9.69 Å². The van der Waals surface area contributed by atoms with Crippen LogP contribution in [0.5, 0.6) is 5.75 Å². The first-order chi connectivity index (χ1) is 17.6. The van der Waals surface area contributed by atoms with Crippen molar-refractivity contribution in [2.45, 2.75) is 12.5 Å². The van der Waals surface area contributed by atoms with Gasteiger partial charge in [0.25, 0.3) is 0 Å². The van der Waals surface area contributed by atoms with E-state index < -0.39 is 5.97 Å². The van der Waals surface area contributed by atoms with Gasteiger partial charge >= 0.3 is 5.97 Å². The second-order valence-electron chi connectivity index (χ2n) is 8.93. The van der Waals surface area contributed by atoms with Crippen molar-refractivity contribution in [3.63, 3.8) is 0 Å². The van der Waals surface area contributed by atoms with Gasteiger partial charge in [0, 0.05) is 26.2 Å². The normalized spacial score (nSPS) is 15.6. The predicted molar refractivity (Wildman–Crippen MR) is 141 cm³/mol. The van der Waals surface area contributed by atoms with Gasteiger partial charge in [-0.2, -0.15) is 0 Å². The van der Waals surface area contributed by atoms with E-state index in [9.17, 15) is 4.79 Å². The molecule has 7 heteroatoms. The number of hydrogen-bond acceptors (Lipinski definition) is 6. The van der Waals surface area contributed by atoms with Crippen LogP contribution in [0.25, 0.3) is 11.1 Å². The molecule has 3 aromatic rings. The van der Waals surface area contributed by atoms with Crippen molar-refractivity contribution < 1.29 is 19.5 Å². The summed E-state index contributed by atoms with van der Waals surface area (Å²) in [5.41, 5.74) is 4.27. The lowest BCUT2D eigenvalue weighted by Gasteiger charge is -2.36. The second kappa shape index (κ2) is 12.9. The highest BCUT2D eigenvalue weighted by Gasteiger charge is 2.23. The maximum atomic E-state index is 10.9. The van der Waals surface area contributed by atoms with Crippen LogP contribution in [0.3, 0.4) is 0 Å². The summed E-state index contributed by atoms with van der Waals surface area (Å²) in [5.74, 6) is -0.246. The summed E-state index contributed by atoms with van der Waals surface area (Å²) >= 11 is 0. The predicted octanol–water partition coefficient (Wildman–Crippen LogP) is 4.35. The van der Waals surface area contributed by atoms with E-state index in [1.165, 1.54) is 16.7 Å². The number of nitrogens with zero attached hydrogens (tertiary/aromatic N) is 3. The highest BCUT2D eigenvalue weighted by molar-refractivity contribution is 5.70. The molecule has 1 saturated heterocycles. The van der Waals surface area contributed by atoms with Crippen molar-refractivity contribution in [2.75, 3.05) is 46.4 Å². The fourth-order valence-electron chi connectivity index (χ4n) is 4.26. The Labute approximate surface area is 212 Å². The molecule has 1 heterocycles. The number of rotatable bonds is 11. The Morgan fingerprint density at radius 2 is 1.67 bits per heavy atom. The number of likely N-dealkylation sites (N-methyl/N-ethyl adjacent to an activating group) is 1. The van der Waals surface area contributed by atoms with Crippen LogP contribution in [0.2, 0.25) is 0 Å². The fourth-order valence-corrected chi connectivity index (χ4v) is 4.26. The summed E-state index contributed by atoms with van der Waals surface area (Å²) in [5, 5.41) is 13.2. The molecule has 1 aliphatic heterocycles. The van der Waals surface area contributed by atoms with Crippen molar-refractivity contribution in [1.82, 2.24) is 9.80 Å². The maximum Gasteiger partial charge on any atom is 0.307 e. The van der Waals surface area contributed by atoms with E-state index in [1.807, 2.05) is 12.3 Å². The van der Waals surface area contributed by atoms with E-state index >= 15 is 0 Å². The van der Waals surface area contributed by atoms with Crippen molar-refractivity contribution in [1.29, 1.82) is 0 Å². The van der Waals surface area contributed by atoms with E-state index in [0.717, 1.165) is 26.2 Å². The van der Waals surface area contributed by atoms with E-state index in [1.54, 1.807) is 24.3 Å². The van der Waals surface area contributed by atoms with Gasteiger partial charge in [0.15, 0.2) is 6.61 Å². The zero-order valence-corrected chi connectivity index (χ0v) is 20.6. The smallest absolute Gasteiger partial charge is 0.307 e. The summed E-state index contributed by atoms with van der Waals surface area (Å²) in [6.45, 7) is 4.57. The number of ether oxygens (including phenoxy) is 1. The Morgan fingerprint density at radius 3 is 2.39 bits per heavy atom. The number of carboxylic acids is 1. The van der Waals surface area contributed by atoms with Crippen LogP contribution in [0, 0.1) is 0 Å². The molecule has 0 aliphatic carbocycles.